The van der Waals surface area contributed by atoms with Crippen molar-refractivity contribution >= 4 is 73.2 Å². The summed E-state index contributed by atoms with van der Waals surface area (Å²) in [5, 5.41) is 0. The van der Waals surface area contributed by atoms with Gasteiger partial charge in [-0.25, -0.2) is 0 Å². The molecule has 0 rings (SSSR count). The first-order chi connectivity index (χ1) is 2.00. The van der Waals surface area contributed by atoms with Gasteiger partial charge in [0.15, 0.2) is 17.4 Å². The van der Waals surface area contributed by atoms with Crippen molar-refractivity contribution in [2.75, 3.05) is 0 Å². The number of hydrogen-bond donors (Lipinski definition) is 2. The van der Waals surface area contributed by atoms with Gasteiger partial charge in [-0.15, -0.1) is 0 Å². The number of rotatable bonds is 0. The SMILES string of the molecule is O=S(=O)(O)O.[AlH3].[SrH2]. The first-order valence-corrected chi connectivity index (χ1v) is 2.10. The summed E-state index contributed by atoms with van der Waals surface area (Å²) in [5.74, 6) is 0. The Morgan fingerprint density at radius 3 is 1.14 bits per heavy atom. The van der Waals surface area contributed by atoms with Crippen molar-refractivity contribution < 1.29 is 17.5 Å². The molecule has 7 heavy (non-hydrogen) atoms. The first kappa shape index (κ1) is 15.9. The molecule has 0 aliphatic carbocycles. The van der Waals surface area contributed by atoms with Crippen molar-refractivity contribution in [3.8, 4) is 0 Å². The predicted octanol–water partition coefficient (Wildman–Crippen LogP) is -2.75. The summed E-state index contributed by atoms with van der Waals surface area (Å²) >= 11 is 0. The third-order valence-corrected chi connectivity index (χ3v) is 0. The molecule has 0 heterocycles. The van der Waals surface area contributed by atoms with Crippen molar-refractivity contribution in [2.45, 2.75) is 0 Å². The molecule has 0 saturated carbocycles. The monoisotopic (exact) mass is 218 g/mol. The van der Waals surface area contributed by atoms with E-state index < -0.39 is 10.4 Å². The van der Waals surface area contributed by atoms with Gasteiger partial charge < -0.3 is 0 Å². The van der Waals surface area contributed by atoms with E-state index in [1.165, 1.54) is 0 Å². The zero-order chi connectivity index (χ0) is 4.50. The van der Waals surface area contributed by atoms with Crippen LogP contribution in [-0.4, -0.2) is 80.4 Å². The van der Waals surface area contributed by atoms with E-state index in [0.29, 0.717) is 0 Å². The van der Waals surface area contributed by atoms with Crippen LogP contribution in [0.15, 0.2) is 0 Å². The summed E-state index contributed by atoms with van der Waals surface area (Å²) in [6.45, 7) is 0. The molecule has 0 aliphatic heterocycles. The molecule has 0 aromatic heterocycles. The third kappa shape index (κ3) is 76.9. The van der Waals surface area contributed by atoms with Gasteiger partial charge in [0, 0.05) is 0 Å². The summed E-state index contributed by atoms with van der Waals surface area (Å²) in [7, 11) is -4.67. The van der Waals surface area contributed by atoms with E-state index in [1.54, 1.807) is 0 Å². The molecule has 0 bridgehead atoms. The van der Waals surface area contributed by atoms with Crippen molar-refractivity contribution in [2.24, 2.45) is 0 Å². The summed E-state index contributed by atoms with van der Waals surface area (Å²) in [5.41, 5.74) is 0. The second-order valence-electron chi connectivity index (χ2n) is 0.448. The van der Waals surface area contributed by atoms with Gasteiger partial charge in [-0.3, -0.25) is 9.11 Å². The molecule has 4 nitrogen and oxygen atoms in total. The molecule has 7 heteroatoms. The Bertz CT molecular complexity index is 94.9. The second-order valence-corrected chi connectivity index (χ2v) is 1.34. The van der Waals surface area contributed by atoms with Gasteiger partial charge in [0.05, 0.1) is 0 Å². The van der Waals surface area contributed by atoms with Crippen molar-refractivity contribution in [3.63, 3.8) is 0 Å². The molecule has 42 valence electrons. The normalized spacial score (nSPS) is 8.29. The molecule has 0 aromatic rings. The Balaban J connectivity index is -0.0000000800. The van der Waals surface area contributed by atoms with Crippen LogP contribution in [-0.2, 0) is 10.4 Å². The Hall–Kier alpha value is 1.88. The van der Waals surface area contributed by atoms with E-state index >= 15 is 0 Å². The molecule has 0 saturated heterocycles. The van der Waals surface area contributed by atoms with Crippen molar-refractivity contribution in [1.29, 1.82) is 0 Å². The summed E-state index contributed by atoms with van der Waals surface area (Å²) in [6, 6.07) is 0. The van der Waals surface area contributed by atoms with Crippen LogP contribution >= 0.6 is 0 Å². The maximum absolute atomic E-state index is 8.74. The van der Waals surface area contributed by atoms with Gasteiger partial charge in [0.25, 0.3) is 0 Å². The summed E-state index contributed by atoms with van der Waals surface area (Å²) in [6.07, 6.45) is 0. The van der Waals surface area contributed by atoms with E-state index in [0.717, 1.165) is 0 Å². The van der Waals surface area contributed by atoms with Crippen LogP contribution in [0, 0.1) is 0 Å². The van der Waals surface area contributed by atoms with Crippen molar-refractivity contribution in [1.82, 2.24) is 0 Å². The Morgan fingerprint density at radius 1 is 1.14 bits per heavy atom. The zero-order valence-electron chi connectivity index (χ0n) is 2.12. The molecular weight excluding hydrogens is 211 g/mol. The van der Waals surface area contributed by atoms with Crippen LogP contribution in [0.4, 0.5) is 0 Å². The molecule has 0 aliphatic rings. The van der Waals surface area contributed by atoms with E-state index in [1.807, 2.05) is 0 Å². The molecule has 0 atom stereocenters. The van der Waals surface area contributed by atoms with Crippen LogP contribution in [0.2, 0.25) is 0 Å². The van der Waals surface area contributed by atoms with Crippen LogP contribution in [0.5, 0.6) is 0 Å². The van der Waals surface area contributed by atoms with Crippen LogP contribution in [0.25, 0.3) is 0 Å². The van der Waals surface area contributed by atoms with Crippen LogP contribution in [0.3, 0.4) is 0 Å². The van der Waals surface area contributed by atoms with E-state index in [4.69, 9.17) is 17.5 Å². The fourth-order valence-electron chi connectivity index (χ4n) is 0. The fourth-order valence-corrected chi connectivity index (χ4v) is 0. The maximum atomic E-state index is 8.74. The standard InChI is InChI=1S/Al.H2O4S.Sr.5H/c;1-5(2,3)4;;;;;;/h;(H2,1,2,3,4);;;;;;. The van der Waals surface area contributed by atoms with Gasteiger partial charge in [0.2, 0.25) is 0 Å². The molecule has 0 fully saturated rings. The van der Waals surface area contributed by atoms with Gasteiger partial charge in [0.1, 0.15) is 0 Å². The fraction of sp³-hybridized carbons (Fsp3) is 0. The van der Waals surface area contributed by atoms with Gasteiger partial charge in [-0.1, -0.05) is 0 Å². The molecular formula is H7AlO4SSr. The van der Waals surface area contributed by atoms with Crippen LogP contribution < -0.4 is 0 Å². The average Bonchev–Trinajstić information content (AvgIpc) is 0.722. The number of hydrogen-bond acceptors (Lipinski definition) is 2. The van der Waals surface area contributed by atoms with Crippen molar-refractivity contribution in [3.05, 3.63) is 0 Å². The van der Waals surface area contributed by atoms with E-state index in [-0.39, 0.29) is 62.8 Å². The summed E-state index contributed by atoms with van der Waals surface area (Å²) < 4.78 is 31.6. The van der Waals surface area contributed by atoms with Gasteiger partial charge in [-0.2, -0.15) is 8.42 Å². The Labute approximate surface area is 89.3 Å². The summed E-state index contributed by atoms with van der Waals surface area (Å²) in [4.78, 5) is 0. The van der Waals surface area contributed by atoms with E-state index in [2.05, 4.69) is 0 Å². The molecule has 0 aromatic carbocycles. The zero-order valence-corrected chi connectivity index (χ0v) is 2.94. The Morgan fingerprint density at radius 2 is 1.14 bits per heavy atom. The molecule has 0 unspecified atom stereocenters. The minimum absolute atomic E-state index is 0. The minimum atomic E-state index is -4.67. The molecule has 2 N–H and O–H groups in total. The second kappa shape index (κ2) is 6.01. The Kier molecular flexibility index (Phi) is 13.7. The van der Waals surface area contributed by atoms with Crippen LogP contribution in [0.1, 0.15) is 0 Å². The van der Waals surface area contributed by atoms with Gasteiger partial charge in [-0.05, 0) is 0 Å². The molecule has 0 amide bonds. The quantitative estimate of drug-likeness (QED) is 0.341. The average molecular weight is 218 g/mol. The third-order valence-electron chi connectivity index (χ3n) is 0. The van der Waals surface area contributed by atoms with Gasteiger partial charge >= 0.3 is 55.9 Å². The topological polar surface area (TPSA) is 74.6 Å². The molecule has 0 radical (unpaired) electrons. The molecule has 0 spiro atoms. The predicted molar refractivity (Wildman–Crippen MR) is 32.7 cm³/mol. The van der Waals surface area contributed by atoms with E-state index in [9.17, 15) is 0 Å². The first-order valence-electron chi connectivity index (χ1n) is 0.698.